The SMILES string of the molecule is C=CC(=O)N1CCN(c2nc(OC[C@@H]3CCCN3C)nc3cc(Cl)c(C#N)cc23)CC1. The lowest BCUT2D eigenvalue weighted by molar-refractivity contribution is -0.126. The summed E-state index contributed by atoms with van der Waals surface area (Å²) in [7, 11) is 2.10. The fourth-order valence-electron chi connectivity index (χ4n) is 4.13. The Morgan fingerprint density at radius 3 is 2.74 bits per heavy atom. The molecule has 4 rings (SSSR count). The van der Waals surface area contributed by atoms with Crippen LogP contribution < -0.4 is 9.64 Å². The van der Waals surface area contributed by atoms with Crippen molar-refractivity contribution in [3.8, 4) is 12.1 Å². The van der Waals surface area contributed by atoms with E-state index in [-0.39, 0.29) is 5.91 Å². The predicted octanol–water partition coefficient (Wildman–Crippen LogP) is 2.46. The molecule has 0 N–H and O–H groups in total. The summed E-state index contributed by atoms with van der Waals surface area (Å²) in [5.74, 6) is 0.620. The van der Waals surface area contributed by atoms with Crippen molar-refractivity contribution in [1.29, 1.82) is 5.26 Å². The zero-order valence-corrected chi connectivity index (χ0v) is 18.3. The maximum absolute atomic E-state index is 11.9. The number of fused-ring (bicyclic) bond motifs is 1. The number of rotatable bonds is 5. The number of aromatic nitrogens is 2. The Hall–Kier alpha value is -2.89. The van der Waals surface area contributed by atoms with Crippen LogP contribution in [0.15, 0.2) is 24.8 Å². The molecule has 0 radical (unpaired) electrons. The maximum atomic E-state index is 11.9. The molecule has 31 heavy (non-hydrogen) atoms. The highest BCUT2D eigenvalue weighted by Gasteiger charge is 2.25. The molecule has 2 aromatic rings. The quantitative estimate of drug-likeness (QED) is 0.660. The number of nitriles is 1. The Kier molecular flexibility index (Phi) is 6.25. The number of ether oxygens (including phenoxy) is 1. The van der Waals surface area contributed by atoms with Crippen molar-refractivity contribution in [3.63, 3.8) is 0 Å². The Labute approximate surface area is 186 Å². The van der Waals surface area contributed by atoms with Crippen molar-refractivity contribution in [2.24, 2.45) is 0 Å². The fraction of sp³-hybridized carbons (Fsp3) is 0.455. The van der Waals surface area contributed by atoms with Crippen LogP contribution in [0.25, 0.3) is 10.9 Å². The van der Waals surface area contributed by atoms with Gasteiger partial charge in [-0.25, -0.2) is 0 Å². The van der Waals surface area contributed by atoms with E-state index < -0.39 is 0 Å². The van der Waals surface area contributed by atoms with Gasteiger partial charge in [-0.3, -0.25) is 4.79 Å². The van der Waals surface area contributed by atoms with E-state index >= 15 is 0 Å². The summed E-state index contributed by atoms with van der Waals surface area (Å²) in [6.45, 7) is 7.51. The lowest BCUT2D eigenvalue weighted by Crippen LogP contribution is -2.48. The molecule has 2 aliphatic heterocycles. The van der Waals surface area contributed by atoms with Gasteiger partial charge >= 0.3 is 6.01 Å². The van der Waals surface area contributed by atoms with Crippen molar-refractivity contribution in [3.05, 3.63) is 35.4 Å². The number of carbonyl (C=O) groups excluding carboxylic acids is 1. The van der Waals surface area contributed by atoms with Crippen LogP contribution >= 0.6 is 11.6 Å². The van der Waals surface area contributed by atoms with Gasteiger partial charge in [0.1, 0.15) is 18.5 Å². The molecule has 0 aliphatic carbocycles. The lowest BCUT2D eigenvalue weighted by atomic mass is 10.1. The molecule has 1 aromatic heterocycles. The molecule has 3 heterocycles. The minimum absolute atomic E-state index is 0.0737. The van der Waals surface area contributed by atoms with Crippen LogP contribution in [0.4, 0.5) is 5.82 Å². The maximum Gasteiger partial charge on any atom is 0.319 e. The van der Waals surface area contributed by atoms with Crippen LogP contribution in [-0.4, -0.2) is 78.1 Å². The number of halogens is 1. The largest absolute Gasteiger partial charge is 0.462 e. The standard InChI is InChI=1S/C22H25ClN6O2/c1-3-20(30)28-7-9-29(10-8-28)21-17-11-15(13-24)18(23)12-19(17)25-22(26-21)31-14-16-5-4-6-27(16)2/h3,11-12,16H,1,4-10,14H2,2H3/t16-/m0/s1. The van der Waals surface area contributed by atoms with Crippen molar-refractivity contribution < 1.29 is 9.53 Å². The van der Waals surface area contributed by atoms with Crippen molar-refractivity contribution in [2.75, 3.05) is 51.3 Å². The number of carbonyl (C=O) groups is 1. The van der Waals surface area contributed by atoms with Crippen LogP contribution in [0.5, 0.6) is 6.01 Å². The first-order valence-corrected chi connectivity index (χ1v) is 10.8. The molecule has 2 saturated heterocycles. The number of likely N-dealkylation sites (tertiary alicyclic amines) is 1. The van der Waals surface area contributed by atoms with Gasteiger partial charge in [-0.15, -0.1) is 0 Å². The second-order valence-corrected chi connectivity index (χ2v) is 8.30. The van der Waals surface area contributed by atoms with E-state index in [4.69, 9.17) is 21.3 Å². The van der Waals surface area contributed by atoms with E-state index in [1.54, 1.807) is 17.0 Å². The van der Waals surface area contributed by atoms with Crippen molar-refractivity contribution in [1.82, 2.24) is 19.8 Å². The average molecular weight is 441 g/mol. The van der Waals surface area contributed by atoms with Gasteiger partial charge in [-0.05, 0) is 44.6 Å². The second-order valence-electron chi connectivity index (χ2n) is 7.89. The minimum Gasteiger partial charge on any atom is -0.462 e. The molecule has 0 saturated carbocycles. The monoisotopic (exact) mass is 440 g/mol. The number of hydrogen-bond acceptors (Lipinski definition) is 7. The van der Waals surface area contributed by atoms with Gasteiger partial charge in [0.2, 0.25) is 5.91 Å². The Bertz CT molecular complexity index is 1040. The molecule has 1 atom stereocenters. The van der Waals surface area contributed by atoms with Crippen LogP contribution in [0.3, 0.4) is 0 Å². The highest BCUT2D eigenvalue weighted by molar-refractivity contribution is 6.32. The first-order valence-electron chi connectivity index (χ1n) is 10.4. The molecule has 2 fully saturated rings. The Morgan fingerprint density at radius 2 is 2.10 bits per heavy atom. The van der Waals surface area contributed by atoms with Gasteiger partial charge in [0, 0.05) is 37.6 Å². The van der Waals surface area contributed by atoms with E-state index in [0.717, 1.165) is 24.8 Å². The average Bonchev–Trinajstić information content (AvgIpc) is 3.20. The van der Waals surface area contributed by atoms with Crippen molar-refractivity contribution >= 4 is 34.2 Å². The molecule has 0 unspecified atom stereocenters. The summed E-state index contributed by atoms with van der Waals surface area (Å²) in [5, 5.41) is 10.5. The molecular formula is C22H25ClN6O2. The van der Waals surface area contributed by atoms with Crippen LogP contribution in [-0.2, 0) is 4.79 Å². The summed E-state index contributed by atoms with van der Waals surface area (Å²) in [4.78, 5) is 27.3. The molecule has 0 spiro atoms. The number of benzene rings is 1. The molecular weight excluding hydrogens is 416 g/mol. The highest BCUT2D eigenvalue weighted by Crippen LogP contribution is 2.31. The van der Waals surface area contributed by atoms with E-state index in [1.165, 1.54) is 6.08 Å². The van der Waals surface area contributed by atoms with Gasteiger partial charge in [0.05, 0.1) is 16.1 Å². The van der Waals surface area contributed by atoms with Gasteiger partial charge in [0.15, 0.2) is 0 Å². The van der Waals surface area contributed by atoms with Gasteiger partial charge in [0.25, 0.3) is 0 Å². The Balaban J connectivity index is 1.65. The number of hydrogen-bond donors (Lipinski definition) is 0. The summed E-state index contributed by atoms with van der Waals surface area (Å²) in [5.41, 5.74) is 1.01. The highest BCUT2D eigenvalue weighted by atomic mass is 35.5. The zero-order chi connectivity index (χ0) is 22.0. The summed E-state index contributed by atoms with van der Waals surface area (Å²) >= 11 is 6.27. The number of anilines is 1. The summed E-state index contributed by atoms with van der Waals surface area (Å²) < 4.78 is 6.00. The van der Waals surface area contributed by atoms with Crippen LogP contribution in [0.2, 0.25) is 5.02 Å². The molecule has 1 amide bonds. The molecule has 9 heteroatoms. The molecule has 1 aromatic carbocycles. The van der Waals surface area contributed by atoms with Crippen molar-refractivity contribution in [2.45, 2.75) is 18.9 Å². The topological polar surface area (TPSA) is 85.6 Å². The third-order valence-corrected chi connectivity index (χ3v) is 6.32. The van der Waals surface area contributed by atoms with E-state index in [2.05, 4.69) is 34.5 Å². The molecule has 162 valence electrons. The number of piperazine rings is 1. The third kappa shape index (κ3) is 4.43. The number of likely N-dealkylation sites (N-methyl/N-ethyl adjacent to an activating group) is 1. The number of nitrogens with zero attached hydrogens (tertiary/aromatic N) is 6. The van der Waals surface area contributed by atoms with Gasteiger partial charge in [-0.2, -0.15) is 15.2 Å². The van der Waals surface area contributed by atoms with Gasteiger partial charge < -0.3 is 19.4 Å². The summed E-state index contributed by atoms with van der Waals surface area (Å²) in [6.07, 6.45) is 3.59. The normalized spacial score (nSPS) is 19.5. The number of amides is 1. The third-order valence-electron chi connectivity index (χ3n) is 6.01. The molecule has 0 bridgehead atoms. The zero-order valence-electron chi connectivity index (χ0n) is 17.6. The fourth-order valence-corrected chi connectivity index (χ4v) is 4.33. The van der Waals surface area contributed by atoms with E-state index in [9.17, 15) is 10.1 Å². The smallest absolute Gasteiger partial charge is 0.319 e. The molecule has 2 aliphatic rings. The summed E-state index contributed by atoms with van der Waals surface area (Å²) in [6, 6.07) is 6.18. The minimum atomic E-state index is -0.0737. The van der Waals surface area contributed by atoms with Crippen LogP contribution in [0.1, 0.15) is 18.4 Å². The molecule has 8 nitrogen and oxygen atoms in total. The second kappa shape index (κ2) is 9.08. The van der Waals surface area contributed by atoms with Crippen LogP contribution in [0, 0.1) is 11.3 Å². The predicted molar refractivity (Wildman–Crippen MR) is 119 cm³/mol. The van der Waals surface area contributed by atoms with E-state index in [1.807, 2.05) is 0 Å². The first-order chi connectivity index (χ1) is 15.0. The van der Waals surface area contributed by atoms with Gasteiger partial charge in [-0.1, -0.05) is 18.2 Å². The lowest BCUT2D eigenvalue weighted by Gasteiger charge is -2.35. The first kappa shape index (κ1) is 21.3. The van der Waals surface area contributed by atoms with E-state index in [0.29, 0.717) is 66.8 Å². The Morgan fingerprint density at radius 1 is 1.32 bits per heavy atom.